The first-order chi connectivity index (χ1) is 19.9. The molecule has 5 N–H and O–H groups in total. The summed E-state index contributed by atoms with van der Waals surface area (Å²) in [5, 5.41) is 21.2. The van der Waals surface area contributed by atoms with Crippen molar-refractivity contribution in [2.45, 2.75) is 92.1 Å². The van der Waals surface area contributed by atoms with Gasteiger partial charge in [0.25, 0.3) is 5.91 Å². The zero-order valence-electron chi connectivity index (χ0n) is 25.9. The maximum Gasteiger partial charge on any atom is 0.251 e. The molecule has 0 fully saturated rings. The first kappa shape index (κ1) is 35.9. The highest BCUT2D eigenvalue weighted by molar-refractivity contribution is 14.1. The van der Waals surface area contributed by atoms with E-state index >= 15 is 0 Å². The van der Waals surface area contributed by atoms with Crippen LogP contribution in [0.25, 0.3) is 0 Å². The molecule has 0 bridgehead atoms. The van der Waals surface area contributed by atoms with Crippen LogP contribution in [0, 0.1) is 14.4 Å². The minimum absolute atomic E-state index is 0.184. The average Bonchev–Trinajstić information content (AvgIpc) is 3.44. The number of hydrogen-bond acceptors (Lipinski definition) is 6. The van der Waals surface area contributed by atoms with E-state index < -0.39 is 59.7 Å². The third-order valence-corrected chi connectivity index (χ3v) is 7.24. The van der Waals surface area contributed by atoms with Crippen molar-refractivity contribution in [3.05, 3.63) is 57.9 Å². The van der Waals surface area contributed by atoms with Crippen LogP contribution in [-0.2, 0) is 25.7 Å². The SMILES string of the molecule is C[C@H](NC(=O)[C@H](CC(=O)n1cccc1)NC(=O)[C@@H](NC(=O)CC(C)(C)C)C(C)(C)C)[C@H](O)C(=O)NCc1ccc(I)cc1. The second-order valence-corrected chi connectivity index (χ2v) is 14.2. The molecule has 0 unspecified atom stereocenters. The highest BCUT2D eigenvalue weighted by atomic mass is 127. The van der Waals surface area contributed by atoms with Crippen molar-refractivity contribution >= 4 is 52.1 Å². The van der Waals surface area contributed by atoms with E-state index in [1.165, 1.54) is 23.9 Å². The Morgan fingerprint density at radius 3 is 1.98 bits per heavy atom. The summed E-state index contributed by atoms with van der Waals surface area (Å²) in [6.45, 7) is 12.7. The molecule has 0 saturated heterocycles. The molecule has 43 heavy (non-hydrogen) atoms. The molecule has 4 atom stereocenters. The van der Waals surface area contributed by atoms with Crippen LogP contribution in [-0.4, -0.2) is 63.4 Å². The van der Waals surface area contributed by atoms with Gasteiger partial charge in [-0.3, -0.25) is 28.5 Å². The Balaban J connectivity index is 2.17. The van der Waals surface area contributed by atoms with Crippen molar-refractivity contribution in [1.82, 2.24) is 25.8 Å². The molecule has 11 nitrogen and oxygen atoms in total. The molecule has 0 radical (unpaired) electrons. The van der Waals surface area contributed by atoms with Gasteiger partial charge in [0.05, 0.1) is 12.5 Å². The molecule has 2 rings (SSSR count). The molecule has 1 aromatic carbocycles. The second-order valence-electron chi connectivity index (χ2n) is 12.9. The quantitative estimate of drug-likeness (QED) is 0.213. The Hall–Kier alpha value is -3.26. The van der Waals surface area contributed by atoms with Gasteiger partial charge < -0.3 is 26.4 Å². The molecule has 0 saturated carbocycles. The smallest absolute Gasteiger partial charge is 0.251 e. The highest BCUT2D eigenvalue weighted by Gasteiger charge is 2.37. The standard InChI is InChI=1S/C31H44IN5O6/c1-19(25(40)28(42)33-18-20-10-12-21(32)13-11-20)34-27(41)22(16-24(39)37-14-8-9-15-37)35-29(43)26(31(5,6)7)36-23(38)17-30(2,3)4/h8-15,19,22,25-26,40H,16-18H2,1-7H3,(H,33,42)(H,34,41)(H,35,43)(H,36,38)/t19-,22-,25-,26+/m0/s1. The molecule has 0 aliphatic heterocycles. The van der Waals surface area contributed by atoms with Crippen molar-refractivity contribution in [1.29, 1.82) is 0 Å². The molecular formula is C31H44IN5O6. The lowest BCUT2D eigenvalue weighted by Gasteiger charge is -2.33. The summed E-state index contributed by atoms with van der Waals surface area (Å²) in [4.78, 5) is 65.2. The van der Waals surface area contributed by atoms with Gasteiger partial charge in [0.1, 0.15) is 12.1 Å². The highest BCUT2D eigenvalue weighted by Crippen LogP contribution is 2.22. The zero-order chi connectivity index (χ0) is 32.5. The number of aromatic nitrogens is 1. The van der Waals surface area contributed by atoms with Crippen LogP contribution in [0.1, 0.15) is 71.7 Å². The van der Waals surface area contributed by atoms with E-state index in [-0.39, 0.29) is 24.3 Å². The molecule has 1 heterocycles. The molecule has 2 aromatic rings. The Bertz CT molecular complexity index is 1270. The molecule has 0 aliphatic rings. The van der Waals surface area contributed by atoms with E-state index in [0.29, 0.717) is 0 Å². The lowest BCUT2D eigenvalue weighted by Crippen LogP contribution is -2.60. The fourth-order valence-corrected chi connectivity index (χ4v) is 4.50. The van der Waals surface area contributed by atoms with E-state index in [1.807, 2.05) is 45.0 Å². The first-order valence-corrected chi connectivity index (χ1v) is 15.2. The molecular weight excluding hydrogens is 665 g/mol. The van der Waals surface area contributed by atoms with Gasteiger partial charge in [0, 0.05) is 28.9 Å². The van der Waals surface area contributed by atoms with Gasteiger partial charge in [0.15, 0.2) is 6.10 Å². The van der Waals surface area contributed by atoms with Crippen LogP contribution >= 0.6 is 22.6 Å². The van der Waals surface area contributed by atoms with Crippen molar-refractivity contribution in [3.8, 4) is 0 Å². The van der Waals surface area contributed by atoms with E-state index in [4.69, 9.17) is 0 Å². The number of carbonyl (C=O) groups excluding carboxylic acids is 5. The minimum Gasteiger partial charge on any atom is -0.381 e. The number of halogens is 1. The predicted molar refractivity (Wildman–Crippen MR) is 172 cm³/mol. The Morgan fingerprint density at radius 2 is 1.44 bits per heavy atom. The first-order valence-electron chi connectivity index (χ1n) is 14.1. The van der Waals surface area contributed by atoms with Gasteiger partial charge in [-0.2, -0.15) is 0 Å². The van der Waals surface area contributed by atoms with E-state index in [1.54, 1.807) is 32.9 Å². The lowest BCUT2D eigenvalue weighted by atomic mass is 9.85. The Morgan fingerprint density at radius 1 is 0.860 bits per heavy atom. The van der Waals surface area contributed by atoms with Crippen molar-refractivity contribution < 1.29 is 29.1 Å². The summed E-state index contributed by atoms with van der Waals surface area (Å²) in [5.74, 6) is -2.87. The fraction of sp³-hybridized carbons (Fsp3) is 0.516. The lowest BCUT2D eigenvalue weighted by molar-refractivity contribution is -0.136. The van der Waals surface area contributed by atoms with E-state index in [2.05, 4.69) is 43.9 Å². The van der Waals surface area contributed by atoms with Crippen LogP contribution in [0.5, 0.6) is 0 Å². The fourth-order valence-electron chi connectivity index (χ4n) is 4.14. The number of rotatable bonds is 12. The molecule has 0 spiro atoms. The number of amides is 4. The summed E-state index contributed by atoms with van der Waals surface area (Å²) < 4.78 is 2.33. The minimum atomic E-state index is -1.59. The maximum absolute atomic E-state index is 13.5. The monoisotopic (exact) mass is 709 g/mol. The van der Waals surface area contributed by atoms with Gasteiger partial charge in [-0.1, -0.05) is 53.7 Å². The van der Waals surface area contributed by atoms with Gasteiger partial charge >= 0.3 is 0 Å². The van der Waals surface area contributed by atoms with Crippen LogP contribution in [0.15, 0.2) is 48.8 Å². The summed E-state index contributed by atoms with van der Waals surface area (Å²) >= 11 is 2.17. The largest absolute Gasteiger partial charge is 0.381 e. The van der Waals surface area contributed by atoms with Crippen LogP contribution in [0.3, 0.4) is 0 Å². The molecule has 1 aromatic heterocycles. The topological polar surface area (TPSA) is 159 Å². The van der Waals surface area contributed by atoms with E-state index in [9.17, 15) is 29.1 Å². The number of nitrogens with zero attached hydrogens (tertiary/aromatic N) is 1. The number of nitrogens with one attached hydrogen (secondary N) is 4. The number of carbonyl (C=O) groups is 5. The van der Waals surface area contributed by atoms with Gasteiger partial charge in [-0.25, -0.2) is 0 Å². The Kier molecular flexibility index (Phi) is 12.9. The third-order valence-electron chi connectivity index (χ3n) is 6.52. The van der Waals surface area contributed by atoms with Crippen LogP contribution in [0.4, 0.5) is 0 Å². The van der Waals surface area contributed by atoms with Crippen molar-refractivity contribution in [2.75, 3.05) is 0 Å². The van der Waals surface area contributed by atoms with Crippen LogP contribution < -0.4 is 21.3 Å². The number of hydrogen-bond donors (Lipinski definition) is 5. The second kappa shape index (κ2) is 15.5. The summed E-state index contributed by atoms with van der Waals surface area (Å²) in [6, 6.07) is 7.39. The summed E-state index contributed by atoms with van der Waals surface area (Å²) in [5.41, 5.74) is -0.189. The molecule has 236 valence electrons. The number of aliphatic hydroxyl groups is 1. The van der Waals surface area contributed by atoms with Gasteiger partial charge in [0.2, 0.25) is 23.6 Å². The predicted octanol–water partition coefficient (Wildman–Crippen LogP) is 2.76. The molecule has 12 heteroatoms. The molecule has 0 aliphatic carbocycles. The van der Waals surface area contributed by atoms with Gasteiger partial charge in [-0.15, -0.1) is 0 Å². The molecule has 4 amide bonds. The third kappa shape index (κ3) is 12.1. The van der Waals surface area contributed by atoms with Gasteiger partial charge in [-0.05, 0) is 70.2 Å². The summed E-state index contributed by atoms with van der Waals surface area (Å²) in [6.07, 6.45) is 1.23. The van der Waals surface area contributed by atoms with E-state index in [0.717, 1.165) is 9.13 Å². The average molecular weight is 710 g/mol. The van der Waals surface area contributed by atoms with Crippen molar-refractivity contribution in [3.63, 3.8) is 0 Å². The number of benzene rings is 1. The van der Waals surface area contributed by atoms with Crippen molar-refractivity contribution in [2.24, 2.45) is 10.8 Å². The Labute approximate surface area is 267 Å². The zero-order valence-corrected chi connectivity index (χ0v) is 28.0. The van der Waals surface area contributed by atoms with Crippen LogP contribution in [0.2, 0.25) is 0 Å². The normalized spacial score (nSPS) is 14.5. The summed E-state index contributed by atoms with van der Waals surface area (Å²) in [7, 11) is 0. The maximum atomic E-state index is 13.5. The number of aliphatic hydroxyl groups excluding tert-OH is 1.